The standard InChI is InChI=1S/C22H21NO3S/c24-11-9-21(15-10-12-27-14-15)23-22(25)26-13-20-18-7-3-1-5-16(18)17-6-2-4-8-19(17)20/h1-8,10,12,14,20-21,24H,9,11,13H2,(H,23,25)/t21-/m0/s1. The molecular formula is C22H21NO3S. The van der Waals surface area contributed by atoms with Crippen LogP contribution in [0.5, 0.6) is 0 Å². The zero-order valence-electron chi connectivity index (χ0n) is 14.8. The number of hydrogen-bond donors (Lipinski definition) is 2. The summed E-state index contributed by atoms with van der Waals surface area (Å²) < 4.78 is 5.59. The van der Waals surface area contributed by atoms with E-state index in [0.717, 1.165) is 5.56 Å². The first-order valence-electron chi connectivity index (χ1n) is 9.02. The third-order valence-electron chi connectivity index (χ3n) is 5.00. The molecule has 2 N–H and O–H groups in total. The number of benzene rings is 2. The molecule has 138 valence electrons. The monoisotopic (exact) mass is 379 g/mol. The van der Waals surface area contributed by atoms with Crippen molar-refractivity contribution in [3.63, 3.8) is 0 Å². The lowest BCUT2D eigenvalue weighted by atomic mass is 9.98. The fraction of sp³-hybridized carbons (Fsp3) is 0.227. The topological polar surface area (TPSA) is 58.6 Å². The number of amides is 1. The highest BCUT2D eigenvalue weighted by Gasteiger charge is 2.29. The van der Waals surface area contributed by atoms with Crippen molar-refractivity contribution < 1.29 is 14.6 Å². The van der Waals surface area contributed by atoms with Crippen LogP contribution in [0, 0.1) is 0 Å². The zero-order valence-corrected chi connectivity index (χ0v) is 15.6. The molecule has 4 nitrogen and oxygen atoms in total. The number of ether oxygens (including phenoxy) is 1. The summed E-state index contributed by atoms with van der Waals surface area (Å²) >= 11 is 1.57. The molecule has 4 rings (SSSR count). The summed E-state index contributed by atoms with van der Waals surface area (Å²) in [6.07, 6.45) is 0.00232. The van der Waals surface area contributed by atoms with E-state index in [1.807, 2.05) is 41.1 Å². The van der Waals surface area contributed by atoms with E-state index >= 15 is 0 Å². The van der Waals surface area contributed by atoms with Gasteiger partial charge < -0.3 is 15.2 Å². The number of carbonyl (C=O) groups is 1. The minimum atomic E-state index is -0.457. The number of nitrogens with one attached hydrogen (secondary N) is 1. The molecule has 5 heteroatoms. The number of thiophene rings is 1. The van der Waals surface area contributed by atoms with E-state index in [4.69, 9.17) is 4.74 Å². The van der Waals surface area contributed by atoms with Gasteiger partial charge >= 0.3 is 6.09 Å². The van der Waals surface area contributed by atoms with Gasteiger partial charge in [0.1, 0.15) is 6.61 Å². The Bertz CT molecular complexity index is 877. The summed E-state index contributed by atoms with van der Waals surface area (Å²) in [6.45, 7) is 0.291. The molecule has 0 saturated heterocycles. The van der Waals surface area contributed by atoms with Gasteiger partial charge in [-0.05, 0) is 51.1 Å². The number of hydrogen-bond acceptors (Lipinski definition) is 4. The Morgan fingerprint density at radius 2 is 1.74 bits per heavy atom. The summed E-state index contributed by atoms with van der Waals surface area (Å²) in [5.74, 6) is 0.0422. The molecule has 1 aliphatic rings. The van der Waals surface area contributed by atoms with Crippen LogP contribution in [0.4, 0.5) is 4.79 Å². The van der Waals surface area contributed by atoms with Crippen LogP contribution in [-0.2, 0) is 4.74 Å². The van der Waals surface area contributed by atoms with Gasteiger partial charge in [-0.2, -0.15) is 11.3 Å². The smallest absolute Gasteiger partial charge is 0.407 e. The van der Waals surface area contributed by atoms with E-state index in [1.165, 1.54) is 22.3 Å². The highest BCUT2D eigenvalue weighted by molar-refractivity contribution is 7.07. The number of rotatable bonds is 6. The van der Waals surface area contributed by atoms with E-state index in [2.05, 4.69) is 29.6 Å². The molecule has 0 radical (unpaired) electrons. The average molecular weight is 379 g/mol. The maximum absolute atomic E-state index is 12.4. The minimum absolute atomic E-state index is 0.00414. The highest BCUT2D eigenvalue weighted by Crippen LogP contribution is 2.44. The van der Waals surface area contributed by atoms with Gasteiger partial charge in [-0.15, -0.1) is 0 Å². The van der Waals surface area contributed by atoms with Crippen molar-refractivity contribution in [2.45, 2.75) is 18.4 Å². The first-order valence-corrected chi connectivity index (χ1v) is 9.96. The molecule has 1 aromatic heterocycles. The molecule has 1 amide bonds. The van der Waals surface area contributed by atoms with Crippen molar-refractivity contribution in [2.24, 2.45) is 0 Å². The molecule has 27 heavy (non-hydrogen) atoms. The van der Waals surface area contributed by atoms with Gasteiger partial charge in [0, 0.05) is 12.5 Å². The number of alkyl carbamates (subject to hydrolysis) is 1. The molecule has 0 unspecified atom stereocenters. The fourth-order valence-corrected chi connectivity index (χ4v) is 4.42. The number of fused-ring (bicyclic) bond motifs is 3. The Hall–Kier alpha value is -2.63. The Kier molecular flexibility index (Phi) is 5.23. The molecule has 1 heterocycles. The Morgan fingerprint density at radius 3 is 2.33 bits per heavy atom. The second-order valence-electron chi connectivity index (χ2n) is 6.59. The van der Waals surface area contributed by atoms with Crippen LogP contribution < -0.4 is 5.32 Å². The first kappa shape index (κ1) is 17.8. The molecule has 0 fully saturated rings. The van der Waals surface area contributed by atoms with Gasteiger partial charge in [0.05, 0.1) is 6.04 Å². The van der Waals surface area contributed by atoms with Crippen LogP contribution in [-0.4, -0.2) is 24.4 Å². The summed E-state index contributed by atoms with van der Waals surface area (Å²) in [5.41, 5.74) is 5.78. The van der Waals surface area contributed by atoms with Crippen molar-refractivity contribution in [3.8, 4) is 11.1 Å². The Labute approximate surface area is 162 Å². The molecule has 0 saturated carbocycles. The maximum Gasteiger partial charge on any atom is 0.407 e. The number of aliphatic hydroxyl groups excluding tert-OH is 1. The summed E-state index contributed by atoms with van der Waals surface area (Å²) in [4.78, 5) is 12.4. The van der Waals surface area contributed by atoms with E-state index in [1.54, 1.807) is 11.3 Å². The third kappa shape index (κ3) is 3.61. The second kappa shape index (κ2) is 7.94. The number of aliphatic hydroxyl groups is 1. The van der Waals surface area contributed by atoms with E-state index in [0.29, 0.717) is 6.42 Å². The van der Waals surface area contributed by atoms with E-state index in [-0.39, 0.29) is 25.2 Å². The fourth-order valence-electron chi connectivity index (χ4n) is 3.71. The molecule has 0 bridgehead atoms. The maximum atomic E-state index is 12.4. The van der Waals surface area contributed by atoms with Gasteiger partial charge in [0.2, 0.25) is 0 Å². The molecule has 2 aromatic carbocycles. The van der Waals surface area contributed by atoms with Gasteiger partial charge in [-0.1, -0.05) is 48.5 Å². The minimum Gasteiger partial charge on any atom is -0.449 e. The zero-order chi connectivity index (χ0) is 18.6. The number of carbonyl (C=O) groups excluding carboxylic acids is 1. The predicted octanol–water partition coefficient (Wildman–Crippen LogP) is 4.71. The first-order chi connectivity index (χ1) is 13.3. The molecule has 1 atom stereocenters. The van der Waals surface area contributed by atoms with Crippen LogP contribution in [0.1, 0.15) is 35.1 Å². The summed E-state index contributed by atoms with van der Waals surface area (Å²) in [6, 6.07) is 18.2. The van der Waals surface area contributed by atoms with Crippen LogP contribution in [0.15, 0.2) is 65.4 Å². The van der Waals surface area contributed by atoms with Gasteiger partial charge in [-0.25, -0.2) is 4.79 Å². The van der Waals surface area contributed by atoms with Crippen LogP contribution >= 0.6 is 11.3 Å². The second-order valence-corrected chi connectivity index (χ2v) is 7.37. The largest absolute Gasteiger partial charge is 0.449 e. The van der Waals surface area contributed by atoms with Crippen molar-refractivity contribution in [1.82, 2.24) is 5.32 Å². The van der Waals surface area contributed by atoms with Gasteiger partial charge in [0.15, 0.2) is 0 Å². The Balaban J connectivity index is 1.46. The molecule has 0 aliphatic heterocycles. The van der Waals surface area contributed by atoms with Crippen LogP contribution in [0.25, 0.3) is 11.1 Å². The van der Waals surface area contributed by atoms with Gasteiger partial charge in [0.25, 0.3) is 0 Å². The van der Waals surface area contributed by atoms with Gasteiger partial charge in [-0.3, -0.25) is 0 Å². The third-order valence-corrected chi connectivity index (χ3v) is 5.70. The predicted molar refractivity (Wildman–Crippen MR) is 107 cm³/mol. The van der Waals surface area contributed by atoms with Crippen LogP contribution in [0.3, 0.4) is 0 Å². The normalized spacial score (nSPS) is 13.7. The highest BCUT2D eigenvalue weighted by atomic mass is 32.1. The van der Waals surface area contributed by atoms with Crippen molar-refractivity contribution in [1.29, 1.82) is 0 Å². The summed E-state index contributed by atoms with van der Waals surface area (Å²) in [5, 5.41) is 16.1. The molecule has 0 spiro atoms. The van der Waals surface area contributed by atoms with E-state index in [9.17, 15) is 9.90 Å². The molecular weight excluding hydrogens is 358 g/mol. The van der Waals surface area contributed by atoms with Crippen molar-refractivity contribution in [3.05, 3.63) is 82.0 Å². The van der Waals surface area contributed by atoms with Crippen molar-refractivity contribution in [2.75, 3.05) is 13.2 Å². The lowest BCUT2D eigenvalue weighted by Crippen LogP contribution is -2.30. The SMILES string of the molecule is O=C(N[C@@H](CCO)c1ccsc1)OCC1c2ccccc2-c2ccccc21. The molecule has 1 aliphatic carbocycles. The molecule has 3 aromatic rings. The van der Waals surface area contributed by atoms with Crippen molar-refractivity contribution >= 4 is 17.4 Å². The lowest BCUT2D eigenvalue weighted by molar-refractivity contribution is 0.136. The Morgan fingerprint density at radius 1 is 1.07 bits per heavy atom. The average Bonchev–Trinajstić information content (AvgIpc) is 3.33. The van der Waals surface area contributed by atoms with E-state index < -0.39 is 6.09 Å². The lowest BCUT2D eigenvalue weighted by Gasteiger charge is -2.19. The quantitative estimate of drug-likeness (QED) is 0.652. The summed E-state index contributed by atoms with van der Waals surface area (Å²) in [7, 11) is 0. The van der Waals surface area contributed by atoms with Crippen LogP contribution in [0.2, 0.25) is 0 Å².